The van der Waals surface area contributed by atoms with Gasteiger partial charge in [-0.3, -0.25) is 9.78 Å². The van der Waals surface area contributed by atoms with Crippen molar-refractivity contribution >= 4 is 11.9 Å². The zero-order chi connectivity index (χ0) is 19.5. The number of nitrogens with one attached hydrogen (secondary N) is 2. The molecular weight excluding hydrogens is 338 g/mol. The summed E-state index contributed by atoms with van der Waals surface area (Å²) in [6.45, 7) is 9.39. The molecule has 2 rings (SSSR count). The standard InChI is InChI=1S/C21H29N5O/c1-4-22-21(25-16-19-9-7-8-14-23-19)24-15-17-10-12-18(13-11-17)20(27)26(5-2)6-3/h7-14H,4-6,15-16H2,1-3H3,(H2,22,24,25). The van der Waals surface area contributed by atoms with Crippen LogP contribution in [-0.4, -0.2) is 41.4 Å². The van der Waals surface area contributed by atoms with E-state index in [-0.39, 0.29) is 5.91 Å². The van der Waals surface area contributed by atoms with Crippen molar-refractivity contribution in [3.05, 3.63) is 65.5 Å². The predicted octanol–water partition coefficient (Wildman–Crippen LogP) is 2.82. The van der Waals surface area contributed by atoms with Crippen LogP contribution in [0, 0.1) is 0 Å². The number of pyridine rings is 1. The minimum Gasteiger partial charge on any atom is -0.357 e. The Labute approximate surface area is 161 Å². The molecule has 0 aliphatic heterocycles. The third-order valence-electron chi connectivity index (χ3n) is 4.18. The van der Waals surface area contributed by atoms with Crippen LogP contribution >= 0.6 is 0 Å². The van der Waals surface area contributed by atoms with E-state index in [1.54, 1.807) is 6.20 Å². The number of guanidine groups is 1. The molecule has 1 amide bonds. The molecule has 1 aromatic carbocycles. The first-order chi connectivity index (χ1) is 13.2. The number of carbonyl (C=O) groups is 1. The van der Waals surface area contributed by atoms with E-state index >= 15 is 0 Å². The van der Waals surface area contributed by atoms with E-state index in [0.717, 1.165) is 36.9 Å². The molecule has 27 heavy (non-hydrogen) atoms. The van der Waals surface area contributed by atoms with Gasteiger partial charge in [-0.1, -0.05) is 18.2 Å². The first-order valence-electron chi connectivity index (χ1n) is 9.48. The van der Waals surface area contributed by atoms with Gasteiger partial charge < -0.3 is 15.5 Å². The molecule has 0 spiro atoms. The molecule has 2 aromatic rings. The highest BCUT2D eigenvalue weighted by molar-refractivity contribution is 5.94. The molecule has 1 heterocycles. The molecular formula is C21H29N5O. The van der Waals surface area contributed by atoms with Crippen LogP contribution in [0.5, 0.6) is 0 Å². The summed E-state index contributed by atoms with van der Waals surface area (Å²) >= 11 is 0. The maximum Gasteiger partial charge on any atom is 0.253 e. The number of hydrogen-bond acceptors (Lipinski definition) is 3. The molecule has 6 nitrogen and oxygen atoms in total. The smallest absolute Gasteiger partial charge is 0.253 e. The van der Waals surface area contributed by atoms with Crippen molar-refractivity contribution in [2.75, 3.05) is 19.6 Å². The second-order valence-electron chi connectivity index (χ2n) is 6.04. The molecule has 0 saturated heterocycles. The average Bonchev–Trinajstić information content (AvgIpc) is 2.72. The first kappa shape index (κ1) is 20.4. The molecule has 0 unspecified atom stereocenters. The van der Waals surface area contributed by atoms with Crippen LogP contribution in [-0.2, 0) is 13.1 Å². The number of hydrogen-bond donors (Lipinski definition) is 2. The summed E-state index contributed by atoms with van der Waals surface area (Å²) < 4.78 is 0. The zero-order valence-electron chi connectivity index (χ0n) is 16.4. The van der Waals surface area contributed by atoms with E-state index < -0.39 is 0 Å². The molecule has 0 saturated carbocycles. The van der Waals surface area contributed by atoms with Crippen LogP contribution in [0.3, 0.4) is 0 Å². The topological polar surface area (TPSA) is 69.6 Å². The number of carbonyl (C=O) groups excluding carboxylic acids is 1. The summed E-state index contributed by atoms with van der Waals surface area (Å²) in [6.07, 6.45) is 1.78. The van der Waals surface area contributed by atoms with Gasteiger partial charge in [0, 0.05) is 31.4 Å². The van der Waals surface area contributed by atoms with E-state index in [2.05, 4.69) is 20.6 Å². The number of amides is 1. The van der Waals surface area contributed by atoms with Gasteiger partial charge in [-0.15, -0.1) is 0 Å². The highest BCUT2D eigenvalue weighted by atomic mass is 16.2. The Hall–Kier alpha value is -2.89. The maximum absolute atomic E-state index is 12.4. The SMILES string of the molecule is CCNC(=NCc1ccc(C(=O)N(CC)CC)cc1)NCc1ccccn1. The largest absolute Gasteiger partial charge is 0.357 e. The molecule has 6 heteroatoms. The lowest BCUT2D eigenvalue weighted by atomic mass is 10.1. The van der Waals surface area contributed by atoms with E-state index in [1.807, 2.05) is 68.1 Å². The van der Waals surface area contributed by atoms with E-state index in [1.165, 1.54) is 0 Å². The van der Waals surface area contributed by atoms with Gasteiger partial charge in [0.05, 0.1) is 18.8 Å². The lowest BCUT2D eigenvalue weighted by molar-refractivity contribution is 0.0773. The monoisotopic (exact) mass is 367 g/mol. The van der Waals surface area contributed by atoms with Crippen LogP contribution in [0.15, 0.2) is 53.7 Å². The highest BCUT2D eigenvalue weighted by Crippen LogP contribution is 2.09. The van der Waals surface area contributed by atoms with Gasteiger partial charge in [0.2, 0.25) is 0 Å². The van der Waals surface area contributed by atoms with Crippen LogP contribution in [0.4, 0.5) is 0 Å². The fourth-order valence-electron chi connectivity index (χ4n) is 2.64. The van der Waals surface area contributed by atoms with Crippen LogP contribution in [0.1, 0.15) is 42.4 Å². The first-order valence-corrected chi connectivity index (χ1v) is 9.48. The summed E-state index contributed by atoms with van der Waals surface area (Å²) in [4.78, 5) is 23.1. The van der Waals surface area contributed by atoms with Gasteiger partial charge in [0.15, 0.2) is 5.96 Å². The van der Waals surface area contributed by atoms with Crippen LogP contribution in [0.25, 0.3) is 0 Å². The summed E-state index contributed by atoms with van der Waals surface area (Å²) in [6, 6.07) is 13.5. The van der Waals surface area contributed by atoms with Crippen LogP contribution in [0.2, 0.25) is 0 Å². The molecule has 0 bridgehead atoms. The zero-order valence-corrected chi connectivity index (χ0v) is 16.4. The number of aliphatic imine (C=N–C) groups is 1. The lowest BCUT2D eigenvalue weighted by Gasteiger charge is -2.18. The Morgan fingerprint density at radius 2 is 1.78 bits per heavy atom. The number of aromatic nitrogens is 1. The van der Waals surface area contributed by atoms with Gasteiger partial charge in [0.25, 0.3) is 5.91 Å². The average molecular weight is 367 g/mol. The quantitative estimate of drug-likeness (QED) is 0.556. The van der Waals surface area contributed by atoms with Gasteiger partial charge >= 0.3 is 0 Å². The van der Waals surface area contributed by atoms with Gasteiger partial charge in [-0.2, -0.15) is 0 Å². The summed E-state index contributed by atoms with van der Waals surface area (Å²) in [7, 11) is 0. The Morgan fingerprint density at radius 3 is 2.37 bits per heavy atom. The predicted molar refractivity (Wildman–Crippen MR) is 110 cm³/mol. The Balaban J connectivity index is 1.97. The molecule has 0 radical (unpaired) electrons. The Kier molecular flexibility index (Phi) is 8.29. The van der Waals surface area contributed by atoms with Gasteiger partial charge in [-0.05, 0) is 50.6 Å². The molecule has 0 aliphatic carbocycles. The summed E-state index contributed by atoms with van der Waals surface area (Å²) in [5.41, 5.74) is 2.73. The van der Waals surface area contributed by atoms with Crippen molar-refractivity contribution in [2.24, 2.45) is 4.99 Å². The third-order valence-corrected chi connectivity index (χ3v) is 4.18. The molecule has 0 fully saturated rings. The second-order valence-corrected chi connectivity index (χ2v) is 6.04. The van der Waals surface area contributed by atoms with Crippen molar-refractivity contribution in [1.82, 2.24) is 20.5 Å². The van der Waals surface area contributed by atoms with E-state index in [0.29, 0.717) is 18.7 Å². The van der Waals surface area contributed by atoms with E-state index in [9.17, 15) is 4.79 Å². The Morgan fingerprint density at radius 1 is 1.04 bits per heavy atom. The highest BCUT2D eigenvalue weighted by Gasteiger charge is 2.11. The summed E-state index contributed by atoms with van der Waals surface area (Å²) in [5.74, 6) is 0.812. The van der Waals surface area contributed by atoms with E-state index in [4.69, 9.17) is 0 Å². The number of rotatable bonds is 8. The fourth-order valence-corrected chi connectivity index (χ4v) is 2.64. The lowest BCUT2D eigenvalue weighted by Crippen LogP contribution is -2.37. The fraction of sp³-hybridized carbons (Fsp3) is 0.381. The Bertz CT molecular complexity index is 724. The van der Waals surface area contributed by atoms with Gasteiger partial charge in [0.1, 0.15) is 0 Å². The second kappa shape index (κ2) is 11.0. The molecule has 0 atom stereocenters. The van der Waals surface area contributed by atoms with Crippen molar-refractivity contribution in [3.8, 4) is 0 Å². The number of nitrogens with zero attached hydrogens (tertiary/aromatic N) is 3. The molecule has 144 valence electrons. The summed E-state index contributed by atoms with van der Waals surface area (Å²) in [5, 5.41) is 6.52. The van der Waals surface area contributed by atoms with Crippen molar-refractivity contribution in [1.29, 1.82) is 0 Å². The third kappa shape index (κ3) is 6.40. The maximum atomic E-state index is 12.4. The van der Waals surface area contributed by atoms with Gasteiger partial charge in [-0.25, -0.2) is 4.99 Å². The van der Waals surface area contributed by atoms with Crippen LogP contribution < -0.4 is 10.6 Å². The number of benzene rings is 1. The molecule has 0 aliphatic rings. The van der Waals surface area contributed by atoms with Crippen molar-refractivity contribution in [2.45, 2.75) is 33.9 Å². The molecule has 2 N–H and O–H groups in total. The molecule has 1 aromatic heterocycles. The minimum absolute atomic E-state index is 0.0698. The normalized spacial score (nSPS) is 11.1. The van der Waals surface area contributed by atoms with Crippen molar-refractivity contribution in [3.63, 3.8) is 0 Å². The minimum atomic E-state index is 0.0698. The van der Waals surface area contributed by atoms with Crippen molar-refractivity contribution < 1.29 is 4.79 Å².